The minimum atomic E-state index is -0.180. The molecule has 1 rings (SSSR count). The summed E-state index contributed by atoms with van der Waals surface area (Å²) in [7, 11) is 0. The number of ether oxygens (including phenoxy) is 1. The summed E-state index contributed by atoms with van der Waals surface area (Å²) in [5.74, 6) is -0.180. The number of rotatable bonds is 7. The zero-order chi connectivity index (χ0) is 12.5. The maximum absolute atomic E-state index is 11.3. The van der Waals surface area contributed by atoms with Crippen molar-refractivity contribution in [1.82, 2.24) is 0 Å². The van der Waals surface area contributed by atoms with E-state index in [2.05, 4.69) is 0 Å². The van der Waals surface area contributed by atoms with Gasteiger partial charge < -0.3 is 9.84 Å². The maximum atomic E-state index is 11.3. The number of carbonyl (C=O) groups is 1. The van der Waals surface area contributed by atoms with E-state index in [0.29, 0.717) is 13.0 Å². The van der Waals surface area contributed by atoms with Gasteiger partial charge in [0.05, 0.1) is 13.0 Å². The Morgan fingerprint density at radius 3 is 2.41 bits per heavy atom. The molecule has 1 aromatic carbocycles. The summed E-state index contributed by atoms with van der Waals surface area (Å²) in [6.45, 7) is 2.49. The van der Waals surface area contributed by atoms with Gasteiger partial charge in [-0.2, -0.15) is 0 Å². The number of hydrogen-bond donors (Lipinski definition) is 1. The first-order chi connectivity index (χ1) is 8.26. The third-order valence-corrected chi connectivity index (χ3v) is 2.55. The first-order valence-corrected chi connectivity index (χ1v) is 6.10. The average Bonchev–Trinajstić information content (AvgIpc) is 2.32. The van der Waals surface area contributed by atoms with Crippen LogP contribution in [0.5, 0.6) is 0 Å². The van der Waals surface area contributed by atoms with Crippen molar-refractivity contribution < 1.29 is 14.6 Å². The highest BCUT2D eigenvalue weighted by Crippen LogP contribution is 2.09. The van der Waals surface area contributed by atoms with Gasteiger partial charge in [-0.15, -0.1) is 0 Å². The molecule has 0 atom stereocenters. The van der Waals surface area contributed by atoms with Crippen LogP contribution in [0.3, 0.4) is 0 Å². The molecule has 0 heterocycles. The lowest BCUT2D eigenvalue weighted by Gasteiger charge is -2.04. The molecule has 0 radical (unpaired) electrons. The van der Waals surface area contributed by atoms with E-state index in [4.69, 9.17) is 9.84 Å². The van der Waals surface area contributed by atoms with Crippen LogP contribution in [0.25, 0.3) is 0 Å². The van der Waals surface area contributed by atoms with Crippen molar-refractivity contribution in [2.45, 2.75) is 32.6 Å². The van der Waals surface area contributed by atoms with E-state index in [0.717, 1.165) is 24.8 Å². The Kier molecular flexibility index (Phi) is 6.33. The van der Waals surface area contributed by atoms with Gasteiger partial charge in [-0.1, -0.05) is 24.3 Å². The summed E-state index contributed by atoms with van der Waals surface area (Å²) < 4.78 is 4.89. The van der Waals surface area contributed by atoms with Gasteiger partial charge in [-0.25, -0.2) is 0 Å². The predicted octanol–water partition coefficient (Wildman–Crippen LogP) is 2.11. The van der Waals surface area contributed by atoms with Crippen molar-refractivity contribution in [2.24, 2.45) is 0 Å². The molecule has 3 heteroatoms. The van der Waals surface area contributed by atoms with Crippen LogP contribution in [-0.2, 0) is 22.4 Å². The molecule has 3 nitrogen and oxygen atoms in total. The Hall–Kier alpha value is -1.35. The smallest absolute Gasteiger partial charge is 0.310 e. The Labute approximate surface area is 102 Å². The molecule has 0 aliphatic rings. The fraction of sp³-hybridized carbons (Fsp3) is 0.500. The van der Waals surface area contributed by atoms with E-state index in [-0.39, 0.29) is 12.6 Å². The van der Waals surface area contributed by atoms with Crippen molar-refractivity contribution in [2.75, 3.05) is 13.2 Å². The predicted molar refractivity (Wildman–Crippen MR) is 66.8 cm³/mol. The highest BCUT2D eigenvalue weighted by Gasteiger charge is 2.03. The van der Waals surface area contributed by atoms with E-state index in [1.54, 1.807) is 0 Å². The topological polar surface area (TPSA) is 46.5 Å². The van der Waals surface area contributed by atoms with Gasteiger partial charge in [0, 0.05) is 6.61 Å². The molecular weight excluding hydrogens is 216 g/mol. The Balaban J connectivity index is 2.41. The standard InChI is InChI=1S/C14H20O3/c1-2-17-14(16)11-13-8-6-12(7-9-13)5-3-4-10-15/h6-9,15H,2-5,10-11H2,1H3. The fourth-order valence-corrected chi connectivity index (χ4v) is 1.64. The van der Waals surface area contributed by atoms with Crippen molar-refractivity contribution >= 4 is 5.97 Å². The third kappa shape index (κ3) is 5.50. The molecule has 0 bridgehead atoms. The molecule has 0 fully saturated rings. The first-order valence-electron chi connectivity index (χ1n) is 6.10. The van der Waals surface area contributed by atoms with E-state index in [1.165, 1.54) is 5.56 Å². The summed E-state index contributed by atoms with van der Waals surface area (Å²) in [6.07, 6.45) is 3.14. The van der Waals surface area contributed by atoms with Crippen LogP contribution in [0.4, 0.5) is 0 Å². The Morgan fingerprint density at radius 1 is 1.18 bits per heavy atom. The molecule has 0 aliphatic heterocycles. The highest BCUT2D eigenvalue weighted by atomic mass is 16.5. The summed E-state index contributed by atoms with van der Waals surface area (Å²) in [4.78, 5) is 11.3. The summed E-state index contributed by atoms with van der Waals surface area (Å²) in [5.41, 5.74) is 2.22. The summed E-state index contributed by atoms with van der Waals surface area (Å²) in [5, 5.41) is 8.69. The summed E-state index contributed by atoms with van der Waals surface area (Å²) in [6, 6.07) is 7.99. The van der Waals surface area contributed by atoms with Crippen LogP contribution >= 0.6 is 0 Å². The molecule has 0 saturated carbocycles. The van der Waals surface area contributed by atoms with E-state index in [9.17, 15) is 4.79 Å². The highest BCUT2D eigenvalue weighted by molar-refractivity contribution is 5.72. The fourth-order valence-electron chi connectivity index (χ4n) is 1.64. The van der Waals surface area contributed by atoms with E-state index in [1.807, 2.05) is 31.2 Å². The molecule has 1 aromatic rings. The maximum Gasteiger partial charge on any atom is 0.310 e. The molecule has 0 saturated heterocycles. The number of aliphatic hydroxyl groups excluding tert-OH is 1. The molecule has 0 aromatic heterocycles. The van der Waals surface area contributed by atoms with Crippen molar-refractivity contribution in [3.63, 3.8) is 0 Å². The lowest BCUT2D eigenvalue weighted by Crippen LogP contribution is -2.07. The van der Waals surface area contributed by atoms with E-state index >= 15 is 0 Å². The Bertz CT molecular complexity index is 330. The molecule has 94 valence electrons. The molecule has 0 aliphatic carbocycles. The van der Waals surface area contributed by atoms with Crippen LogP contribution in [0.2, 0.25) is 0 Å². The molecule has 1 N–H and O–H groups in total. The van der Waals surface area contributed by atoms with Crippen molar-refractivity contribution in [3.05, 3.63) is 35.4 Å². The number of hydrogen-bond acceptors (Lipinski definition) is 3. The van der Waals surface area contributed by atoms with Crippen LogP contribution in [-0.4, -0.2) is 24.3 Å². The van der Waals surface area contributed by atoms with Crippen LogP contribution in [0.15, 0.2) is 24.3 Å². The SMILES string of the molecule is CCOC(=O)Cc1ccc(CCCCO)cc1. The zero-order valence-electron chi connectivity index (χ0n) is 10.3. The van der Waals surface area contributed by atoms with Crippen molar-refractivity contribution in [3.8, 4) is 0 Å². The second kappa shape index (κ2) is 7.85. The van der Waals surface area contributed by atoms with Gasteiger partial charge >= 0.3 is 5.97 Å². The lowest BCUT2D eigenvalue weighted by atomic mass is 10.0. The van der Waals surface area contributed by atoms with Gasteiger partial charge in [0.1, 0.15) is 0 Å². The zero-order valence-corrected chi connectivity index (χ0v) is 10.3. The number of esters is 1. The largest absolute Gasteiger partial charge is 0.466 e. The molecular formula is C14H20O3. The average molecular weight is 236 g/mol. The van der Waals surface area contributed by atoms with Crippen LogP contribution < -0.4 is 0 Å². The minimum Gasteiger partial charge on any atom is -0.466 e. The van der Waals surface area contributed by atoms with E-state index < -0.39 is 0 Å². The summed E-state index contributed by atoms with van der Waals surface area (Å²) >= 11 is 0. The second-order valence-corrected chi connectivity index (χ2v) is 3.98. The molecule has 17 heavy (non-hydrogen) atoms. The van der Waals surface area contributed by atoms with Crippen molar-refractivity contribution in [1.29, 1.82) is 0 Å². The second-order valence-electron chi connectivity index (χ2n) is 3.98. The number of aryl methyl sites for hydroxylation is 1. The van der Waals surface area contributed by atoms with Gasteiger partial charge in [-0.3, -0.25) is 4.79 Å². The number of benzene rings is 1. The quantitative estimate of drug-likeness (QED) is 0.582. The molecule has 0 spiro atoms. The third-order valence-electron chi connectivity index (χ3n) is 2.55. The number of aliphatic hydroxyl groups is 1. The Morgan fingerprint density at radius 2 is 1.82 bits per heavy atom. The lowest BCUT2D eigenvalue weighted by molar-refractivity contribution is -0.142. The first kappa shape index (κ1) is 13.7. The van der Waals surface area contributed by atoms with Gasteiger partial charge in [0.25, 0.3) is 0 Å². The monoisotopic (exact) mass is 236 g/mol. The normalized spacial score (nSPS) is 10.2. The van der Waals surface area contributed by atoms with Crippen LogP contribution in [0, 0.1) is 0 Å². The molecule has 0 unspecified atom stereocenters. The minimum absolute atomic E-state index is 0.180. The number of unbranched alkanes of at least 4 members (excludes halogenated alkanes) is 1. The number of carbonyl (C=O) groups excluding carboxylic acids is 1. The molecule has 0 amide bonds. The van der Waals surface area contributed by atoms with Gasteiger partial charge in [-0.05, 0) is 37.3 Å². The van der Waals surface area contributed by atoms with Gasteiger partial charge in [0.15, 0.2) is 0 Å². The van der Waals surface area contributed by atoms with Crippen LogP contribution in [0.1, 0.15) is 30.9 Å². The van der Waals surface area contributed by atoms with Gasteiger partial charge in [0.2, 0.25) is 0 Å².